The molecular weight excluding hydrogens is 320 g/mol. The van der Waals surface area contributed by atoms with Crippen molar-refractivity contribution < 1.29 is 14.1 Å². The molecule has 134 valence electrons. The van der Waals surface area contributed by atoms with Crippen molar-refractivity contribution in [2.45, 2.75) is 46.1 Å². The number of hydrogen-bond donors (Lipinski definition) is 0. The predicted molar refractivity (Wildman–Crippen MR) is 91.1 cm³/mol. The minimum absolute atomic E-state index is 0.0395. The van der Waals surface area contributed by atoms with Crippen molar-refractivity contribution in [2.24, 2.45) is 0 Å². The van der Waals surface area contributed by atoms with Crippen molar-refractivity contribution in [1.82, 2.24) is 20.0 Å². The van der Waals surface area contributed by atoms with Gasteiger partial charge >= 0.3 is 0 Å². The monoisotopic (exact) mass is 344 g/mol. The maximum atomic E-state index is 12.6. The average molecular weight is 344 g/mol. The maximum Gasteiger partial charge on any atom is 0.227 e. The van der Waals surface area contributed by atoms with E-state index in [-0.39, 0.29) is 12.0 Å². The van der Waals surface area contributed by atoms with E-state index in [0.717, 1.165) is 41.2 Å². The summed E-state index contributed by atoms with van der Waals surface area (Å²) in [6.07, 6.45) is 3.62. The van der Waals surface area contributed by atoms with Crippen molar-refractivity contribution in [3.63, 3.8) is 0 Å². The summed E-state index contributed by atoms with van der Waals surface area (Å²) in [6.45, 7) is 7.48. The van der Waals surface area contributed by atoms with Crippen LogP contribution in [-0.2, 0) is 22.4 Å². The van der Waals surface area contributed by atoms with Gasteiger partial charge in [-0.1, -0.05) is 5.16 Å². The molecule has 0 N–H and O–H groups in total. The van der Waals surface area contributed by atoms with E-state index in [1.54, 1.807) is 6.33 Å². The molecule has 0 aliphatic carbocycles. The number of hydrogen-bond acceptors (Lipinski definition) is 6. The number of rotatable bonds is 5. The highest BCUT2D eigenvalue weighted by molar-refractivity contribution is 5.79. The van der Waals surface area contributed by atoms with Crippen LogP contribution in [0.5, 0.6) is 0 Å². The fraction of sp³-hybridized carbons (Fsp3) is 0.556. The van der Waals surface area contributed by atoms with Crippen LogP contribution < -0.4 is 0 Å². The third-order valence-electron chi connectivity index (χ3n) is 4.58. The summed E-state index contributed by atoms with van der Waals surface area (Å²) in [5, 5.41) is 3.92. The largest absolute Gasteiger partial charge is 0.375 e. The van der Waals surface area contributed by atoms with Crippen molar-refractivity contribution in [2.75, 3.05) is 19.7 Å². The molecule has 7 nitrogen and oxygen atoms in total. The Bertz CT molecular complexity index is 724. The Hall–Kier alpha value is -2.28. The topological polar surface area (TPSA) is 81.4 Å². The van der Waals surface area contributed by atoms with E-state index in [1.165, 1.54) is 0 Å². The molecule has 1 atom stereocenters. The Labute approximate surface area is 147 Å². The van der Waals surface area contributed by atoms with Crippen molar-refractivity contribution >= 4 is 5.91 Å². The lowest BCUT2D eigenvalue weighted by Gasteiger charge is -2.33. The van der Waals surface area contributed by atoms with Crippen LogP contribution >= 0.6 is 0 Å². The van der Waals surface area contributed by atoms with Crippen molar-refractivity contribution in [3.05, 3.63) is 40.8 Å². The van der Waals surface area contributed by atoms with Crippen LogP contribution in [0.3, 0.4) is 0 Å². The minimum atomic E-state index is 0.0395. The second kappa shape index (κ2) is 7.74. The zero-order valence-corrected chi connectivity index (χ0v) is 15.0. The van der Waals surface area contributed by atoms with Gasteiger partial charge in [0.15, 0.2) is 0 Å². The fourth-order valence-electron chi connectivity index (χ4n) is 3.09. The van der Waals surface area contributed by atoms with E-state index < -0.39 is 0 Å². The third kappa shape index (κ3) is 4.42. The summed E-state index contributed by atoms with van der Waals surface area (Å²) in [5.41, 5.74) is 3.65. The van der Waals surface area contributed by atoms with Gasteiger partial charge in [-0.3, -0.25) is 4.79 Å². The molecule has 0 aromatic carbocycles. The van der Waals surface area contributed by atoms with E-state index in [9.17, 15) is 4.79 Å². The van der Waals surface area contributed by atoms with Gasteiger partial charge in [-0.25, -0.2) is 9.97 Å². The second-order valence-electron chi connectivity index (χ2n) is 6.50. The number of ether oxygens (including phenoxy) is 1. The molecule has 2 aromatic rings. The van der Waals surface area contributed by atoms with Gasteiger partial charge in [0.2, 0.25) is 5.91 Å². The third-order valence-corrected chi connectivity index (χ3v) is 4.58. The van der Waals surface area contributed by atoms with Crippen LogP contribution in [0.2, 0.25) is 0 Å². The molecule has 0 spiro atoms. The average Bonchev–Trinajstić information content (AvgIpc) is 2.92. The molecule has 2 aromatic heterocycles. The standard InChI is InChI=1S/C18H24N4O3/c1-12-8-15(20-11-19-12)4-5-16-10-22(6-7-24-16)18(23)9-17-13(2)21-25-14(17)3/h8,11,16H,4-7,9-10H2,1-3H3/t16-/m1/s1. The zero-order chi connectivity index (χ0) is 17.8. The molecule has 7 heteroatoms. The summed E-state index contributed by atoms with van der Waals surface area (Å²) >= 11 is 0. The van der Waals surface area contributed by atoms with E-state index in [4.69, 9.17) is 9.26 Å². The molecule has 0 unspecified atom stereocenters. The number of morpholine rings is 1. The molecule has 1 saturated heterocycles. The van der Waals surface area contributed by atoms with Crippen LogP contribution in [0.1, 0.15) is 34.8 Å². The number of nitrogens with zero attached hydrogens (tertiary/aromatic N) is 4. The molecule has 1 amide bonds. The smallest absolute Gasteiger partial charge is 0.227 e. The van der Waals surface area contributed by atoms with E-state index in [0.29, 0.717) is 26.1 Å². The Morgan fingerprint density at radius 1 is 1.32 bits per heavy atom. The highest BCUT2D eigenvalue weighted by Gasteiger charge is 2.25. The van der Waals surface area contributed by atoms with Gasteiger partial charge in [-0.05, 0) is 39.7 Å². The Morgan fingerprint density at radius 3 is 2.88 bits per heavy atom. The summed E-state index contributed by atoms with van der Waals surface area (Å²) in [7, 11) is 0. The second-order valence-corrected chi connectivity index (χ2v) is 6.50. The SMILES string of the molecule is Cc1cc(CC[C@@H]2CN(C(=O)Cc3c(C)noc3C)CCO2)ncn1. The number of amides is 1. The number of aromatic nitrogens is 3. The van der Waals surface area contributed by atoms with Gasteiger partial charge < -0.3 is 14.2 Å². The highest BCUT2D eigenvalue weighted by Crippen LogP contribution is 2.17. The first-order chi connectivity index (χ1) is 12.0. The van der Waals surface area contributed by atoms with E-state index in [1.807, 2.05) is 31.7 Å². The Balaban J connectivity index is 1.54. The van der Waals surface area contributed by atoms with Crippen LogP contribution in [0, 0.1) is 20.8 Å². The molecule has 0 radical (unpaired) electrons. The molecule has 1 aliphatic rings. The normalized spacial score (nSPS) is 17.7. The Morgan fingerprint density at radius 2 is 2.16 bits per heavy atom. The van der Waals surface area contributed by atoms with Gasteiger partial charge in [0.1, 0.15) is 12.1 Å². The van der Waals surface area contributed by atoms with Crippen molar-refractivity contribution in [3.8, 4) is 0 Å². The minimum Gasteiger partial charge on any atom is -0.375 e. The van der Waals surface area contributed by atoms with Crippen LogP contribution in [0.15, 0.2) is 16.9 Å². The summed E-state index contributed by atoms with van der Waals surface area (Å²) in [6, 6.07) is 1.99. The van der Waals surface area contributed by atoms with Crippen molar-refractivity contribution in [1.29, 1.82) is 0 Å². The van der Waals surface area contributed by atoms with Gasteiger partial charge in [-0.15, -0.1) is 0 Å². The Kier molecular flexibility index (Phi) is 5.43. The number of carbonyl (C=O) groups is 1. The molecule has 3 rings (SSSR count). The molecule has 0 saturated carbocycles. The lowest BCUT2D eigenvalue weighted by molar-refractivity contribution is -0.138. The van der Waals surface area contributed by atoms with Crippen LogP contribution in [0.4, 0.5) is 0 Å². The van der Waals surface area contributed by atoms with Gasteiger partial charge in [0, 0.05) is 30.0 Å². The molecule has 1 aliphatic heterocycles. The molecular formula is C18H24N4O3. The quantitative estimate of drug-likeness (QED) is 0.822. The van der Waals surface area contributed by atoms with Crippen LogP contribution in [-0.4, -0.2) is 51.7 Å². The first kappa shape index (κ1) is 17.5. The molecule has 3 heterocycles. The maximum absolute atomic E-state index is 12.6. The predicted octanol–water partition coefficient (Wildman–Crippen LogP) is 1.79. The first-order valence-corrected chi connectivity index (χ1v) is 8.61. The zero-order valence-electron chi connectivity index (χ0n) is 15.0. The van der Waals surface area contributed by atoms with E-state index >= 15 is 0 Å². The molecule has 1 fully saturated rings. The fourth-order valence-corrected chi connectivity index (χ4v) is 3.09. The number of carbonyl (C=O) groups excluding carboxylic acids is 1. The first-order valence-electron chi connectivity index (χ1n) is 8.61. The highest BCUT2D eigenvalue weighted by atomic mass is 16.5. The molecule has 25 heavy (non-hydrogen) atoms. The number of aryl methyl sites for hydroxylation is 4. The summed E-state index contributed by atoms with van der Waals surface area (Å²) < 4.78 is 11.0. The van der Waals surface area contributed by atoms with Gasteiger partial charge in [0.05, 0.1) is 24.8 Å². The molecule has 0 bridgehead atoms. The lowest BCUT2D eigenvalue weighted by atomic mass is 10.1. The summed E-state index contributed by atoms with van der Waals surface area (Å²) in [4.78, 5) is 22.9. The van der Waals surface area contributed by atoms with Gasteiger partial charge in [0.25, 0.3) is 0 Å². The summed E-state index contributed by atoms with van der Waals surface area (Å²) in [5.74, 6) is 0.815. The van der Waals surface area contributed by atoms with Crippen LogP contribution in [0.25, 0.3) is 0 Å². The lowest BCUT2D eigenvalue weighted by Crippen LogP contribution is -2.46. The van der Waals surface area contributed by atoms with E-state index in [2.05, 4.69) is 15.1 Å². The van der Waals surface area contributed by atoms with Gasteiger partial charge in [-0.2, -0.15) is 0 Å².